The van der Waals surface area contributed by atoms with Gasteiger partial charge in [0.2, 0.25) is 21.8 Å². The molecule has 0 aliphatic rings. The van der Waals surface area contributed by atoms with E-state index in [2.05, 4.69) is 21.3 Å². The van der Waals surface area contributed by atoms with Crippen LogP contribution in [-0.2, 0) is 19.6 Å². The Bertz CT molecular complexity index is 2400. The van der Waals surface area contributed by atoms with Gasteiger partial charge in [-0.15, -0.1) is 0 Å². The molecule has 0 heterocycles. The Kier molecular flexibility index (Phi) is 15.8. The first-order valence-electron chi connectivity index (χ1n) is 18.7. The summed E-state index contributed by atoms with van der Waals surface area (Å²) in [6.45, 7) is 4.07. The largest absolute Gasteiger partial charge is 0.545 e. The molecule has 4 aromatic carbocycles. The number of nitrogens with one attached hydrogen (secondary N) is 4. The summed E-state index contributed by atoms with van der Waals surface area (Å²) in [6, 6.07) is 13.8. The fourth-order valence-electron chi connectivity index (χ4n) is 5.91. The Hall–Kier alpha value is -6.93. The number of anilines is 2. The van der Waals surface area contributed by atoms with Gasteiger partial charge in [-0.05, 0) is 65.9 Å². The molecule has 20 heteroatoms. The lowest BCUT2D eigenvalue weighted by molar-refractivity contribution is -0.255. The summed E-state index contributed by atoms with van der Waals surface area (Å²) < 4.78 is 59.4. The van der Waals surface area contributed by atoms with E-state index < -0.39 is 112 Å². The smallest absolute Gasteiger partial charge is 0.251 e. The van der Waals surface area contributed by atoms with Crippen LogP contribution in [0.25, 0.3) is 0 Å². The number of nitrogens with zero attached hydrogens (tertiary/aromatic N) is 1. The average molecular weight is 880 g/mol. The SMILES string of the molecule is CC(C)[C@H](NC(=O)C[C@H](O)[C@H](COc1cc(F)cc(F)c1)NC(=O)c1cc(C(=O)N[C@H](C)c2ccccc2)cc(N(C)S(C)(=O)=O)c1)C(=O)Nc1cc(C(=O)[O-])cc(C(=O)[O-])c1. The molecule has 0 saturated carbocycles. The van der Waals surface area contributed by atoms with Crippen molar-refractivity contribution in [1.82, 2.24) is 16.0 Å². The minimum atomic E-state index is -3.93. The number of aliphatic hydroxyl groups is 1. The van der Waals surface area contributed by atoms with E-state index in [1.165, 1.54) is 27.0 Å². The Morgan fingerprint density at radius 1 is 0.758 bits per heavy atom. The Labute approximate surface area is 355 Å². The molecule has 330 valence electrons. The number of carboxylic acid groups (broad SMARTS) is 2. The van der Waals surface area contributed by atoms with Crippen molar-refractivity contribution < 1.29 is 66.0 Å². The second kappa shape index (κ2) is 20.6. The molecule has 4 rings (SSSR count). The number of carboxylic acids is 2. The van der Waals surface area contributed by atoms with E-state index in [1.807, 2.05) is 0 Å². The molecule has 5 N–H and O–H groups in total. The Morgan fingerprint density at radius 3 is 1.81 bits per heavy atom. The Balaban J connectivity index is 1.61. The third-order valence-corrected chi connectivity index (χ3v) is 10.5. The normalized spacial score (nSPS) is 13.2. The maximum Gasteiger partial charge on any atom is 0.251 e. The molecular formula is C42H43F2N5O12S-2. The fourth-order valence-corrected chi connectivity index (χ4v) is 6.39. The van der Waals surface area contributed by atoms with Crippen molar-refractivity contribution in [2.45, 2.75) is 51.4 Å². The highest BCUT2D eigenvalue weighted by molar-refractivity contribution is 7.92. The van der Waals surface area contributed by atoms with Gasteiger partial charge in [0.25, 0.3) is 11.8 Å². The van der Waals surface area contributed by atoms with Crippen molar-refractivity contribution in [3.8, 4) is 5.75 Å². The Morgan fingerprint density at radius 2 is 1.29 bits per heavy atom. The van der Waals surface area contributed by atoms with E-state index in [4.69, 9.17) is 4.74 Å². The molecule has 0 bridgehead atoms. The number of halogens is 2. The van der Waals surface area contributed by atoms with Crippen molar-refractivity contribution in [2.24, 2.45) is 5.92 Å². The third kappa shape index (κ3) is 13.3. The third-order valence-electron chi connectivity index (χ3n) is 9.33. The second-order valence-corrected chi connectivity index (χ2v) is 16.5. The van der Waals surface area contributed by atoms with Gasteiger partial charge < -0.3 is 50.9 Å². The average Bonchev–Trinajstić information content (AvgIpc) is 3.20. The second-order valence-electron chi connectivity index (χ2n) is 14.5. The predicted octanol–water partition coefficient (Wildman–Crippen LogP) is 1.29. The van der Waals surface area contributed by atoms with Crippen LogP contribution in [0, 0.1) is 17.6 Å². The molecule has 0 fully saturated rings. The van der Waals surface area contributed by atoms with E-state index in [1.54, 1.807) is 37.3 Å². The van der Waals surface area contributed by atoms with E-state index >= 15 is 0 Å². The summed E-state index contributed by atoms with van der Waals surface area (Å²) in [5.74, 6) is -10.1. The topological polar surface area (TPSA) is 263 Å². The van der Waals surface area contributed by atoms with E-state index in [-0.39, 0.29) is 28.3 Å². The van der Waals surface area contributed by atoms with Crippen LogP contribution >= 0.6 is 0 Å². The first-order chi connectivity index (χ1) is 29.0. The molecule has 0 aliphatic heterocycles. The minimum absolute atomic E-state index is 0.0964. The van der Waals surface area contributed by atoms with Gasteiger partial charge in [-0.2, -0.15) is 0 Å². The van der Waals surface area contributed by atoms with Crippen LogP contribution in [0.5, 0.6) is 5.75 Å². The van der Waals surface area contributed by atoms with Crippen molar-refractivity contribution in [1.29, 1.82) is 0 Å². The number of benzene rings is 4. The minimum Gasteiger partial charge on any atom is -0.545 e. The number of aromatic carboxylic acids is 2. The quantitative estimate of drug-likeness (QED) is 0.0893. The molecular weight excluding hydrogens is 837 g/mol. The number of hydrogen-bond acceptors (Lipinski definition) is 12. The van der Waals surface area contributed by atoms with Crippen LogP contribution in [0.4, 0.5) is 20.2 Å². The van der Waals surface area contributed by atoms with Gasteiger partial charge in [0.05, 0.1) is 48.5 Å². The van der Waals surface area contributed by atoms with Gasteiger partial charge >= 0.3 is 0 Å². The van der Waals surface area contributed by atoms with Gasteiger partial charge in [-0.25, -0.2) is 17.2 Å². The number of amides is 4. The van der Waals surface area contributed by atoms with E-state index in [0.29, 0.717) is 6.07 Å². The number of aliphatic hydroxyl groups excluding tert-OH is 1. The highest BCUT2D eigenvalue weighted by Gasteiger charge is 2.30. The van der Waals surface area contributed by atoms with Crippen molar-refractivity contribution in [3.63, 3.8) is 0 Å². The molecule has 62 heavy (non-hydrogen) atoms. The molecule has 0 radical (unpaired) electrons. The molecule has 0 spiro atoms. The summed E-state index contributed by atoms with van der Waals surface area (Å²) in [7, 11) is -2.74. The van der Waals surface area contributed by atoms with Gasteiger partial charge in [-0.3, -0.25) is 23.5 Å². The van der Waals surface area contributed by atoms with Gasteiger partial charge in [0.1, 0.15) is 30.0 Å². The first kappa shape index (κ1) is 47.7. The summed E-state index contributed by atoms with van der Waals surface area (Å²) in [5.41, 5.74) is -1.21. The number of ether oxygens (including phenoxy) is 1. The number of sulfonamides is 1. The van der Waals surface area contributed by atoms with Crippen LogP contribution in [0.3, 0.4) is 0 Å². The molecule has 0 aliphatic carbocycles. The van der Waals surface area contributed by atoms with Crippen LogP contribution in [0.1, 0.15) is 80.2 Å². The summed E-state index contributed by atoms with van der Waals surface area (Å²) in [6.07, 6.45) is -1.79. The number of rotatable bonds is 19. The highest BCUT2D eigenvalue weighted by Crippen LogP contribution is 2.23. The van der Waals surface area contributed by atoms with Crippen LogP contribution in [0.15, 0.2) is 84.9 Å². The molecule has 0 unspecified atom stereocenters. The summed E-state index contributed by atoms with van der Waals surface area (Å²) >= 11 is 0. The number of hydrogen-bond donors (Lipinski definition) is 5. The van der Waals surface area contributed by atoms with Crippen LogP contribution < -0.4 is 40.5 Å². The standard InChI is InChI=1S/C42H45F2N5O12S/c1-22(2)37(40(54)46-31-13-27(41(55)56)12-28(14-31)42(57)58)48-36(51)20-35(50)34(21-61-33-18-29(43)17-30(44)19-33)47-39(53)26-11-25(15-32(16-26)49(4)62(5,59)60)38(52)45-23(3)24-9-7-6-8-10-24/h6-19,22-23,34-35,37,50H,20-21H2,1-5H3,(H,45,52)(H,46,54)(H,47,53)(H,48,51)(H,55,56)(H,57,58)/p-2/t23-,34+,35+,37+/m1/s1. The number of carbonyl (C=O) groups is 6. The van der Waals surface area contributed by atoms with Gasteiger partial charge in [0, 0.05) is 42.1 Å². The number of carbonyl (C=O) groups excluding carboxylic acids is 6. The van der Waals surface area contributed by atoms with Crippen molar-refractivity contribution in [3.05, 3.63) is 124 Å². The summed E-state index contributed by atoms with van der Waals surface area (Å²) in [5, 5.41) is 44.3. The highest BCUT2D eigenvalue weighted by atomic mass is 32.2. The zero-order valence-electron chi connectivity index (χ0n) is 33.9. The first-order valence-corrected chi connectivity index (χ1v) is 20.6. The van der Waals surface area contributed by atoms with Crippen LogP contribution in [-0.4, -0.2) is 87.2 Å². The molecule has 4 amide bonds. The maximum absolute atomic E-state index is 14.0. The molecule has 4 aromatic rings. The van der Waals surface area contributed by atoms with Crippen molar-refractivity contribution >= 4 is 57.0 Å². The van der Waals surface area contributed by atoms with E-state index in [9.17, 15) is 61.3 Å². The molecule has 0 aromatic heterocycles. The maximum atomic E-state index is 14.0. The van der Waals surface area contributed by atoms with Crippen molar-refractivity contribution in [2.75, 3.05) is 29.5 Å². The van der Waals surface area contributed by atoms with E-state index in [0.717, 1.165) is 58.6 Å². The zero-order valence-corrected chi connectivity index (χ0v) is 34.7. The molecule has 17 nitrogen and oxygen atoms in total. The summed E-state index contributed by atoms with van der Waals surface area (Å²) in [4.78, 5) is 77.0. The lowest BCUT2D eigenvalue weighted by Gasteiger charge is -2.26. The lowest BCUT2D eigenvalue weighted by Crippen LogP contribution is -2.51. The lowest BCUT2D eigenvalue weighted by atomic mass is 10.0. The molecule has 4 atom stereocenters. The monoisotopic (exact) mass is 879 g/mol. The molecule has 0 saturated heterocycles. The van der Waals surface area contributed by atoms with Gasteiger partial charge in [0.15, 0.2) is 0 Å². The zero-order chi connectivity index (χ0) is 46.1. The van der Waals surface area contributed by atoms with Crippen LogP contribution in [0.2, 0.25) is 0 Å². The van der Waals surface area contributed by atoms with Gasteiger partial charge in [-0.1, -0.05) is 44.2 Å². The fraction of sp³-hybridized carbons (Fsp3) is 0.286. The predicted molar refractivity (Wildman–Crippen MR) is 216 cm³/mol.